The summed E-state index contributed by atoms with van der Waals surface area (Å²) in [6.45, 7) is 1.87. The van der Waals surface area contributed by atoms with Crippen molar-refractivity contribution < 1.29 is 14.3 Å². The number of ketones is 1. The molecule has 0 saturated carbocycles. The first-order chi connectivity index (χ1) is 11.7. The number of carbonyl (C=O) groups is 2. The number of nitrogens with zero attached hydrogens (tertiary/aromatic N) is 2. The van der Waals surface area contributed by atoms with E-state index in [1.807, 2.05) is 36.4 Å². The molecule has 2 aromatic rings. The molecule has 0 radical (unpaired) electrons. The van der Waals surface area contributed by atoms with Crippen LogP contribution in [0, 0.1) is 17.2 Å². The van der Waals surface area contributed by atoms with Crippen LogP contribution in [0.5, 0.6) is 0 Å². The first-order valence-corrected chi connectivity index (χ1v) is 7.71. The van der Waals surface area contributed by atoms with E-state index in [1.165, 1.54) is 6.20 Å². The molecule has 122 valence electrons. The molecule has 0 spiro atoms. The van der Waals surface area contributed by atoms with Crippen molar-refractivity contribution in [2.24, 2.45) is 5.92 Å². The number of benzene rings is 1. The molecule has 2 atom stereocenters. The van der Waals surface area contributed by atoms with Crippen molar-refractivity contribution >= 4 is 11.8 Å². The van der Waals surface area contributed by atoms with Gasteiger partial charge in [0, 0.05) is 30.3 Å². The number of pyridine rings is 1. The summed E-state index contributed by atoms with van der Waals surface area (Å²) in [6.07, 6.45) is 3.10. The summed E-state index contributed by atoms with van der Waals surface area (Å²) in [6, 6.07) is 14.4. The first kappa shape index (κ1) is 17.4. The molecule has 5 heteroatoms. The molecule has 0 amide bonds. The smallest absolute Gasteiger partial charge is 0.323 e. The number of aromatic nitrogens is 1. The maximum Gasteiger partial charge on any atom is 0.323 e. The number of ether oxygens (including phenoxy) is 1. The summed E-state index contributed by atoms with van der Waals surface area (Å²) >= 11 is 0. The zero-order valence-electron chi connectivity index (χ0n) is 13.4. The maximum atomic E-state index is 12.5. The molecule has 5 nitrogen and oxygen atoms in total. The number of carbonyl (C=O) groups excluding carboxylic acids is 2. The quantitative estimate of drug-likeness (QED) is 0.578. The van der Waals surface area contributed by atoms with E-state index >= 15 is 0 Å². The molecule has 1 heterocycles. The average Bonchev–Trinajstić information content (AvgIpc) is 2.63. The lowest BCUT2D eigenvalue weighted by molar-refractivity contribution is -0.146. The average molecular weight is 322 g/mol. The molecule has 2 unspecified atom stereocenters. The second-order valence-corrected chi connectivity index (χ2v) is 5.24. The van der Waals surface area contributed by atoms with Gasteiger partial charge in [0.1, 0.15) is 0 Å². The molecule has 2 rings (SSSR count). The van der Waals surface area contributed by atoms with Crippen LogP contribution in [-0.4, -0.2) is 23.3 Å². The Labute approximate surface area is 140 Å². The van der Waals surface area contributed by atoms with Crippen LogP contribution in [0.1, 0.15) is 35.2 Å². The highest BCUT2D eigenvalue weighted by Gasteiger charge is 2.32. The van der Waals surface area contributed by atoms with Crippen molar-refractivity contribution in [3.05, 3.63) is 66.0 Å². The van der Waals surface area contributed by atoms with Crippen LogP contribution >= 0.6 is 0 Å². The van der Waals surface area contributed by atoms with Crippen LogP contribution in [0.15, 0.2) is 54.9 Å². The fourth-order valence-corrected chi connectivity index (χ4v) is 2.51. The van der Waals surface area contributed by atoms with Gasteiger partial charge in [-0.25, -0.2) is 0 Å². The second kappa shape index (κ2) is 8.59. The van der Waals surface area contributed by atoms with Gasteiger partial charge < -0.3 is 4.74 Å². The Hall–Kier alpha value is -3.00. The number of esters is 1. The molecule has 0 bridgehead atoms. The third kappa shape index (κ3) is 4.26. The fraction of sp³-hybridized carbons (Fsp3) is 0.263. The molecule has 0 aliphatic carbocycles. The van der Waals surface area contributed by atoms with Crippen LogP contribution in [0.25, 0.3) is 0 Å². The van der Waals surface area contributed by atoms with Gasteiger partial charge in [-0.3, -0.25) is 14.6 Å². The summed E-state index contributed by atoms with van der Waals surface area (Å²) in [5.74, 6) is -2.37. The van der Waals surface area contributed by atoms with E-state index in [0.717, 1.165) is 5.56 Å². The Kier molecular flexibility index (Phi) is 6.21. The van der Waals surface area contributed by atoms with E-state index in [2.05, 4.69) is 4.98 Å². The van der Waals surface area contributed by atoms with E-state index < -0.39 is 17.8 Å². The van der Waals surface area contributed by atoms with Crippen LogP contribution in [0.3, 0.4) is 0 Å². The van der Waals surface area contributed by atoms with Crippen LogP contribution in [0.2, 0.25) is 0 Å². The topological polar surface area (TPSA) is 80.0 Å². The van der Waals surface area contributed by atoms with Gasteiger partial charge in [-0.15, -0.1) is 0 Å². The molecular weight excluding hydrogens is 304 g/mol. The van der Waals surface area contributed by atoms with E-state index in [1.54, 1.807) is 25.3 Å². The Bertz CT molecular complexity index is 723. The predicted octanol–water partition coefficient (Wildman–Crippen LogP) is 3.14. The molecule has 0 aliphatic heterocycles. The third-order valence-electron chi connectivity index (χ3n) is 3.70. The lowest BCUT2D eigenvalue weighted by atomic mass is 9.82. The van der Waals surface area contributed by atoms with Crippen molar-refractivity contribution in [1.82, 2.24) is 4.98 Å². The minimum atomic E-state index is -1.03. The summed E-state index contributed by atoms with van der Waals surface area (Å²) in [5.41, 5.74) is 1.22. The van der Waals surface area contributed by atoms with Crippen molar-refractivity contribution in [2.45, 2.75) is 19.3 Å². The summed E-state index contributed by atoms with van der Waals surface area (Å²) in [4.78, 5) is 28.6. The van der Waals surface area contributed by atoms with Crippen molar-refractivity contribution in [3.8, 4) is 6.07 Å². The summed E-state index contributed by atoms with van der Waals surface area (Å²) in [7, 11) is 0. The van der Waals surface area contributed by atoms with Gasteiger partial charge in [0.15, 0.2) is 11.7 Å². The number of rotatable bonds is 7. The van der Waals surface area contributed by atoms with Crippen LogP contribution in [-0.2, 0) is 9.53 Å². The van der Waals surface area contributed by atoms with Crippen molar-refractivity contribution in [3.63, 3.8) is 0 Å². The first-order valence-electron chi connectivity index (χ1n) is 7.71. The largest absolute Gasteiger partial charge is 0.465 e. The molecular formula is C19H18N2O3. The maximum absolute atomic E-state index is 12.5. The molecule has 1 aromatic carbocycles. The fourth-order valence-electron chi connectivity index (χ4n) is 2.51. The molecule has 0 saturated heterocycles. The van der Waals surface area contributed by atoms with E-state index in [0.29, 0.717) is 5.56 Å². The van der Waals surface area contributed by atoms with Gasteiger partial charge in [-0.1, -0.05) is 30.3 Å². The van der Waals surface area contributed by atoms with E-state index in [4.69, 9.17) is 4.74 Å². The molecule has 24 heavy (non-hydrogen) atoms. The van der Waals surface area contributed by atoms with Crippen LogP contribution < -0.4 is 0 Å². The SMILES string of the molecule is CCOC(=O)C(C#N)C(CC(=O)c1cccnc1)c1ccccc1. The van der Waals surface area contributed by atoms with Gasteiger partial charge in [-0.2, -0.15) is 5.26 Å². The zero-order valence-corrected chi connectivity index (χ0v) is 13.4. The summed E-state index contributed by atoms with van der Waals surface area (Å²) in [5, 5.41) is 9.46. The molecule has 1 aromatic heterocycles. The van der Waals surface area contributed by atoms with Crippen LogP contribution in [0.4, 0.5) is 0 Å². The lowest BCUT2D eigenvalue weighted by Gasteiger charge is -2.20. The minimum absolute atomic E-state index is 0.0345. The number of hydrogen-bond acceptors (Lipinski definition) is 5. The highest BCUT2D eigenvalue weighted by molar-refractivity contribution is 5.96. The van der Waals surface area contributed by atoms with E-state index in [9.17, 15) is 14.9 Å². The minimum Gasteiger partial charge on any atom is -0.465 e. The van der Waals surface area contributed by atoms with Crippen molar-refractivity contribution in [2.75, 3.05) is 6.61 Å². The lowest BCUT2D eigenvalue weighted by Crippen LogP contribution is -2.25. The molecule has 0 N–H and O–H groups in total. The third-order valence-corrected chi connectivity index (χ3v) is 3.70. The standard InChI is InChI=1S/C19H18N2O3/c1-2-24-19(23)17(12-20)16(14-7-4-3-5-8-14)11-18(22)15-9-6-10-21-13-15/h3-10,13,16-17H,2,11H2,1H3. The normalized spacial score (nSPS) is 12.7. The van der Waals surface area contributed by atoms with Gasteiger partial charge in [0.2, 0.25) is 0 Å². The van der Waals surface area contributed by atoms with Gasteiger partial charge in [0.25, 0.3) is 0 Å². The van der Waals surface area contributed by atoms with Gasteiger partial charge in [0.05, 0.1) is 12.7 Å². The monoisotopic (exact) mass is 322 g/mol. The zero-order chi connectivity index (χ0) is 17.4. The highest BCUT2D eigenvalue weighted by Crippen LogP contribution is 2.30. The Morgan fingerprint density at radius 2 is 1.96 bits per heavy atom. The van der Waals surface area contributed by atoms with Gasteiger partial charge >= 0.3 is 5.97 Å². The molecule has 0 aliphatic rings. The van der Waals surface area contributed by atoms with Gasteiger partial charge in [-0.05, 0) is 24.6 Å². The molecule has 0 fully saturated rings. The number of Topliss-reactive ketones (excluding diaryl/α,β-unsaturated/α-hetero) is 1. The highest BCUT2D eigenvalue weighted by atomic mass is 16.5. The predicted molar refractivity (Wildman–Crippen MR) is 88.1 cm³/mol. The second-order valence-electron chi connectivity index (χ2n) is 5.24. The van der Waals surface area contributed by atoms with Crippen molar-refractivity contribution in [1.29, 1.82) is 5.26 Å². The Morgan fingerprint density at radius 1 is 1.21 bits per heavy atom. The number of hydrogen-bond donors (Lipinski definition) is 0. The Morgan fingerprint density at radius 3 is 2.54 bits per heavy atom. The van der Waals surface area contributed by atoms with E-state index in [-0.39, 0.29) is 18.8 Å². The number of nitriles is 1. The summed E-state index contributed by atoms with van der Waals surface area (Å²) < 4.78 is 5.00. The Balaban J connectivity index is 2.31.